The molecule has 0 bridgehead atoms. The second kappa shape index (κ2) is 5.39. The SMILES string of the molecule is Cc1ccc2c(c1-c1ccnc[n+]1C)N(C)c1ccccc1S2. The maximum absolute atomic E-state index is 4.21. The van der Waals surface area contributed by atoms with E-state index in [-0.39, 0.29) is 0 Å². The van der Waals surface area contributed by atoms with E-state index < -0.39 is 0 Å². The van der Waals surface area contributed by atoms with E-state index in [0.717, 1.165) is 0 Å². The van der Waals surface area contributed by atoms with E-state index in [9.17, 15) is 0 Å². The van der Waals surface area contributed by atoms with Gasteiger partial charge >= 0.3 is 0 Å². The van der Waals surface area contributed by atoms with E-state index in [2.05, 4.69) is 70.9 Å². The van der Waals surface area contributed by atoms with Crippen molar-refractivity contribution in [1.29, 1.82) is 0 Å². The summed E-state index contributed by atoms with van der Waals surface area (Å²) in [6, 6.07) is 15.1. The van der Waals surface area contributed by atoms with Gasteiger partial charge < -0.3 is 4.90 Å². The van der Waals surface area contributed by atoms with Crippen LogP contribution in [0.5, 0.6) is 0 Å². The van der Waals surface area contributed by atoms with Gasteiger partial charge in [-0.05, 0) is 30.7 Å². The zero-order chi connectivity index (χ0) is 16.0. The number of nitrogens with zero attached hydrogens (tertiary/aromatic N) is 3. The first-order chi connectivity index (χ1) is 11.2. The average molecular weight is 320 g/mol. The second-order valence-electron chi connectivity index (χ2n) is 5.81. The minimum Gasteiger partial charge on any atom is -0.342 e. The molecular weight excluding hydrogens is 302 g/mol. The molecule has 1 aliphatic rings. The van der Waals surface area contributed by atoms with Crippen LogP contribution in [0.3, 0.4) is 0 Å². The van der Waals surface area contributed by atoms with Crippen LogP contribution in [0, 0.1) is 6.92 Å². The van der Waals surface area contributed by atoms with Crippen molar-refractivity contribution < 1.29 is 4.57 Å². The van der Waals surface area contributed by atoms with Crippen molar-refractivity contribution in [3.63, 3.8) is 0 Å². The van der Waals surface area contributed by atoms with Gasteiger partial charge in [0.15, 0.2) is 0 Å². The standard InChI is InChI=1S/C19H18N3S/c1-13-8-9-17-19(18(13)15-10-11-20-12-21(15)2)22(3)14-6-4-5-7-16(14)23-17/h4-12H,1-3H3/q+1. The van der Waals surface area contributed by atoms with Gasteiger partial charge in [-0.25, -0.2) is 4.57 Å². The van der Waals surface area contributed by atoms with Gasteiger partial charge in [0.2, 0.25) is 0 Å². The minimum absolute atomic E-state index is 1.18. The van der Waals surface area contributed by atoms with Crippen molar-refractivity contribution >= 4 is 23.1 Å². The van der Waals surface area contributed by atoms with Crippen molar-refractivity contribution in [2.45, 2.75) is 16.7 Å². The minimum atomic E-state index is 1.18. The number of fused-ring (bicyclic) bond motifs is 2. The van der Waals surface area contributed by atoms with Gasteiger partial charge in [-0.3, -0.25) is 0 Å². The normalized spacial score (nSPS) is 12.7. The number of para-hydroxylation sites is 1. The van der Waals surface area contributed by atoms with Crippen molar-refractivity contribution in [3.05, 3.63) is 60.6 Å². The first-order valence-corrected chi connectivity index (χ1v) is 8.42. The molecule has 3 nitrogen and oxygen atoms in total. The Hall–Kier alpha value is -2.33. The summed E-state index contributed by atoms with van der Waals surface area (Å²) >= 11 is 1.84. The fourth-order valence-electron chi connectivity index (χ4n) is 3.16. The van der Waals surface area contributed by atoms with Crippen molar-refractivity contribution in [2.24, 2.45) is 7.05 Å². The van der Waals surface area contributed by atoms with Gasteiger partial charge in [0, 0.05) is 28.5 Å². The second-order valence-corrected chi connectivity index (χ2v) is 6.89. The molecule has 0 aliphatic carbocycles. The number of aryl methyl sites for hydroxylation is 2. The number of hydrogen-bond donors (Lipinski definition) is 0. The number of aromatic nitrogens is 2. The van der Waals surface area contributed by atoms with E-state index in [1.807, 2.05) is 31.3 Å². The lowest BCUT2D eigenvalue weighted by molar-refractivity contribution is -0.663. The Kier molecular flexibility index (Phi) is 3.34. The summed E-state index contributed by atoms with van der Waals surface area (Å²) < 4.78 is 2.08. The molecular formula is C19H18N3S+. The quantitative estimate of drug-likeness (QED) is 0.629. The summed E-state index contributed by atoms with van der Waals surface area (Å²) in [5, 5.41) is 0. The Morgan fingerprint density at radius 1 is 1.04 bits per heavy atom. The molecule has 0 amide bonds. The van der Waals surface area contributed by atoms with Crippen LogP contribution in [0.25, 0.3) is 11.3 Å². The van der Waals surface area contributed by atoms with Gasteiger partial charge in [0.05, 0.1) is 18.4 Å². The third-order valence-electron chi connectivity index (χ3n) is 4.33. The summed E-state index contributed by atoms with van der Waals surface area (Å²) in [6.45, 7) is 2.18. The Balaban J connectivity index is 2.00. The average Bonchev–Trinajstić information content (AvgIpc) is 2.57. The third-order valence-corrected chi connectivity index (χ3v) is 5.44. The maximum Gasteiger partial charge on any atom is 0.286 e. The van der Waals surface area contributed by atoms with Gasteiger partial charge in [-0.15, -0.1) is 0 Å². The molecule has 0 unspecified atom stereocenters. The van der Waals surface area contributed by atoms with Gasteiger partial charge in [-0.2, -0.15) is 0 Å². The molecule has 4 rings (SSSR count). The molecule has 114 valence electrons. The topological polar surface area (TPSA) is 20.0 Å². The largest absolute Gasteiger partial charge is 0.342 e. The molecule has 0 atom stereocenters. The molecule has 0 fully saturated rings. The molecule has 0 saturated heterocycles. The highest BCUT2D eigenvalue weighted by atomic mass is 32.2. The predicted molar refractivity (Wildman–Crippen MR) is 94.2 cm³/mol. The Bertz CT molecular complexity index is 905. The molecule has 3 aromatic rings. The van der Waals surface area contributed by atoms with E-state index in [1.165, 1.54) is 38.0 Å². The predicted octanol–water partition coefficient (Wildman–Crippen LogP) is 4.11. The molecule has 4 heteroatoms. The smallest absolute Gasteiger partial charge is 0.286 e. The van der Waals surface area contributed by atoms with E-state index in [4.69, 9.17) is 0 Å². The van der Waals surface area contributed by atoms with Crippen LogP contribution in [-0.2, 0) is 7.05 Å². The van der Waals surface area contributed by atoms with Crippen LogP contribution < -0.4 is 9.47 Å². The van der Waals surface area contributed by atoms with Crippen molar-refractivity contribution in [2.75, 3.05) is 11.9 Å². The van der Waals surface area contributed by atoms with Crippen molar-refractivity contribution in [1.82, 2.24) is 4.98 Å². The summed E-state index contributed by atoms with van der Waals surface area (Å²) in [4.78, 5) is 9.12. The molecule has 1 aliphatic heterocycles. The summed E-state index contributed by atoms with van der Waals surface area (Å²) in [5.74, 6) is 0. The Labute approximate surface area is 140 Å². The number of rotatable bonds is 1. The lowest BCUT2D eigenvalue weighted by Crippen LogP contribution is -2.32. The van der Waals surface area contributed by atoms with Crippen LogP contribution >= 0.6 is 11.8 Å². The summed E-state index contributed by atoms with van der Waals surface area (Å²) in [7, 11) is 4.20. The lowest BCUT2D eigenvalue weighted by atomic mass is 10.0. The van der Waals surface area contributed by atoms with E-state index >= 15 is 0 Å². The van der Waals surface area contributed by atoms with E-state index in [1.54, 1.807) is 0 Å². The van der Waals surface area contributed by atoms with Gasteiger partial charge in [0.1, 0.15) is 11.9 Å². The molecule has 0 radical (unpaired) electrons. The van der Waals surface area contributed by atoms with E-state index in [0.29, 0.717) is 0 Å². The molecule has 0 spiro atoms. The molecule has 2 heterocycles. The first kappa shape index (κ1) is 14.3. The van der Waals surface area contributed by atoms with Crippen LogP contribution in [0.1, 0.15) is 5.56 Å². The monoisotopic (exact) mass is 320 g/mol. The number of hydrogen-bond acceptors (Lipinski definition) is 3. The molecule has 2 aromatic carbocycles. The van der Waals surface area contributed by atoms with Crippen LogP contribution in [0.4, 0.5) is 11.4 Å². The zero-order valence-electron chi connectivity index (χ0n) is 13.4. The van der Waals surface area contributed by atoms with Crippen molar-refractivity contribution in [3.8, 4) is 11.3 Å². The fourth-order valence-corrected chi connectivity index (χ4v) is 4.33. The number of benzene rings is 2. The van der Waals surface area contributed by atoms with Crippen LogP contribution in [-0.4, -0.2) is 12.0 Å². The lowest BCUT2D eigenvalue weighted by Gasteiger charge is -2.31. The Morgan fingerprint density at radius 2 is 1.87 bits per heavy atom. The fraction of sp³-hybridized carbons (Fsp3) is 0.158. The van der Waals surface area contributed by atoms with Crippen LogP contribution in [0.15, 0.2) is 64.8 Å². The first-order valence-electron chi connectivity index (χ1n) is 7.61. The highest BCUT2D eigenvalue weighted by molar-refractivity contribution is 7.99. The molecule has 23 heavy (non-hydrogen) atoms. The molecule has 0 N–H and O–H groups in total. The maximum atomic E-state index is 4.21. The third kappa shape index (κ3) is 2.21. The number of anilines is 2. The highest BCUT2D eigenvalue weighted by Gasteiger charge is 2.26. The molecule has 1 aromatic heterocycles. The summed E-state index contributed by atoms with van der Waals surface area (Å²) in [5.41, 5.74) is 6.26. The zero-order valence-corrected chi connectivity index (χ0v) is 14.3. The van der Waals surface area contributed by atoms with Crippen LogP contribution in [0.2, 0.25) is 0 Å². The van der Waals surface area contributed by atoms with Gasteiger partial charge in [0.25, 0.3) is 6.33 Å². The Morgan fingerprint density at radius 3 is 2.70 bits per heavy atom. The van der Waals surface area contributed by atoms with Gasteiger partial charge in [-0.1, -0.05) is 34.9 Å². The molecule has 0 saturated carbocycles. The summed E-state index contributed by atoms with van der Waals surface area (Å²) in [6.07, 6.45) is 3.72. The highest BCUT2D eigenvalue weighted by Crippen LogP contribution is 2.51.